The van der Waals surface area contributed by atoms with Crippen molar-refractivity contribution in [1.82, 2.24) is 9.80 Å². The molecule has 6 heteroatoms. The Morgan fingerprint density at radius 3 is 2.46 bits per heavy atom. The molecule has 1 aromatic carbocycles. The first-order valence-electron chi connectivity index (χ1n) is 10.1. The molecule has 1 atom stereocenters. The minimum Gasteiger partial charge on any atom is -0.481 e. The fourth-order valence-corrected chi connectivity index (χ4v) is 3.67. The summed E-state index contributed by atoms with van der Waals surface area (Å²) in [5.74, 6) is -0.109. The molecule has 1 aromatic rings. The highest BCUT2D eigenvalue weighted by Crippen LogP contribution is 2.26. The highest BCUT2D eigenvalue weighted by atomic mass is 16.5. The van der Waals surface area contributed by atoms with Crippen LogP contribution in [0.4, 0.5) is 0 Å². The SMILES string of the molecule is CCN(CC(=O)O)C1CCN(C(=O)C(C)Oc2cccc(C(C)(C)C)c2)CC1. The summed E-state index contributed by atoms with van der Waals surface area (Å²) in [5, 5.41) is 9.05. The van der Waals surface area contributed by atoms with Gasteiger partial charge < -0.3 is 14.7 Å². The quantitative estimate of drug-likeness (QED) is 0.774. The maximum atomic E-state index is 12.8. The lowest BCUT2D eigenvalue weighted by Crippen LogP contribution is -2.50. The lowest BCUT2D eigenvalue weighted by molar-refractivity contribution is -0.142. The van der Waals surface area contributed by atoms with E-state index in [1.165, 1.54) is 5.56 Å². The molecule has 0 radical (unpaired) electrons. The van der Waals surface area contributed by atoms with Gasteiger partial charge in [-0.25, -0.2) is 0 Å². The molecule has 1 aliphatic rings. The van der Waals surface area contributed by atoms with Crippen LogP contribution in [0, 0.1) is 0 Å². The Labute approximate surface area is 168 Å². The number of carbonyl (C=O) groups excluding carboxylic acids is 1. The summed E-state index contributed by atoms with van der Waals surface area (Å²) < 4.78 is 5.93. The number of carboxylic acids is 1. The predicted octanol–water partition coefficient (Wildman–Crippen LogP) is 3.15. The number of ether oxygens (including phenoxy) is 1. The Kier molecular flexibility index (Phi) is 7.47. The maximum absolute atomic E-state index is 12.8. The summed E-state index contributed by atoms with van der Waals surface area (Å²) in [7, 11) is 0. The number of hydrogen-bond acceptors (Lipinski definition) is 4. The molecule has 156 valence electrons. The van der Waals surface area contributed by atoms with E-state index in [9.17, 15) is 9.59 Å². The zero-order valence-electron chi connectivity index (χ0n) is 17.8. The number of piperidine rings is 1. The molecule has 0 saturated carbocycles. The van der Waals surface area contributed by atoms with E-state index in [1.807, 2.05) is 34.9 Å². The molecular weight excluding hydrogens is 356 g/mol. The highest BCUT2D eigenvalue weighted by molar-refractivity contribution is 5.81. The molecule has 0 spiro atoms. The molecule has 2 rings (SSSR count). The monoisotopic (exact) mass is 390 g/mol. The molecule has 1 fully saturated rings. The van der Waals surface area contributed by atoms with E-state index in [1.54, 1.807) is 6.92 Å². The average molecular weight is 391 g/mol. The number of likely N-dealkylation sites (N-methyl/N-ethyl adjacent to an activating group) is 1. The number of amides is 1. The Morgan fingerprint density at radius 2 is 1.93 bits per heavy atom. The number of nitrogens with zero attached hydrogens (tertiary/aromatic N) is 2. The molecule has 1 saturated heterocycles. The van der Waals surface area contributed by atoms with Crippen molar-refractivity contribution in [2.75, 3.05) is 26.2 Å². The Balaban J connectivity index is 1.92. The molecule has 0 bridgehead atoms. The molecule has 1 aliphatic heterocycles. The molecule has 28 heavy (non-hydrogen) atoms. The van der Waals surface area contributed by atoms with E-state index in [0.29, 0.717) is 25.4 Å². The second kappa shape index (κ2) is 9.41. The topological polar surface area (TPSA) is 70.1 Å². The molecule has 0 aromatic heterocycles. The van der Waals surface area contributed by atoms with Crippen LogP contribution in [-0.4, -0.2) is 65.1 Å². The zero-order chi connectivity index (χ0) is 20.9. The highest BCUT2D eigenvalue weighted by Gasteiger charge is 2.30. The second-order valence-corrected chi connectivity index (χ2v) is 8.55. The van der Waals surface area contributed by atoms with Gasteiger partial charge in [0.1, 0.15) is 5.75 Å². The van der Waals surface area contributed by atoms with Crippen molar-refractivity contribution in [2.45, 2.75) is 65.0 Å². The van der Waals surface area contributed by atoms with Crippen molar-refractivity contribution >= 4 is 11.9 Å². The molecular formula is C22H34N2O4. The maximum Gasteiger partial charge on any atom is 0.317 e. The van der Waals surface area contributed by atoms with Gasteiger partial charge in [-0.15, -0.1) is 0 Å². The summed E-state index contributed by atoms with van der Waals surface area (Å²) >= 11 is 0. The minimum atomic E-state index is -0.806. The summed E-state index contributed by atoms with van der Waals surface area (Å²) in [6, 6.07) is 8.13. The predicted molar refractivity (Wildman–Crippen MR) is 110 cm³/mol. The molecule has 1 unspecified atom stereocenters. The van der Waals surface area contributed by atoms with Gasteiger partial charge in [-0.1, -0.05) is 39.8 Å². The smallest absolute Gasteiger partial charge is 0.317 e. The first kappa shape index (κ1) is 22.2. The Bertz CT molecular complexity index is 675. The molecule has 1 amide bonds. The van der Waals surface area contributed by atoms with E-state index >= 15 is 0 Å². The van der Waals surface area contributed by atoms with E-state index in [4.69, 9.17) is 9.84 Å². The van der Waals surface area contributed by atoms with Gasteiger partial charge in [0, 0.05) is 19.1 Å². The standard InChI is InChI=1S/C22H34N2O4/c1-6-23(15-20(25)26)18-10-12-24(13-11-18)21(27)16(2)28-19-9-7-8-17(14-19)22(3,4)5/h7-9,14,16,18H,6,10-13,15H2,1-5H3,(H,25,26). The van der Waals surface area contributed by atoms with Crippen LogP contribution in [0.15, 0.2) is 24.3 Å². The van der Waals surface area contributed by atoms with Crippen molar-refractivity contribution in [1.29, 1.82) is 0 Å². The zero-order valence-corrected chi connectivity index (χ0v) is 17.8. The lowest BCUT2D eigenvalue weighted by atomic mass is 9.87. The third kappa shape index (κ3) is 5.96. The van der Waals surface area contributed by atoms with Gasteiger partial charge in [0.15, 0.2) is 6.10 Å². The Morgan fingerprint density at radius 1 is 1.29 bits per heavy atom. The first-order chi connectivity index (χ1) is 13.1. The Hall–Kier alpha value is -2.08. The van der Waals surface area contributed by atoms with Crippen LogP contribution in [0.2, 0.25) is 0 Å². The van der Waals surface area contributed by atoms with E-state index in [-0.39, 0.29) is 23.9 Å². The number of aliphatic carboxylic acids is 1. The van der Waals surface area contributed by atoms with Gasteiger partial charge in [0.05, 0.1) is 6.54 Å². The van der Waals surface area contributed by atoms with Crippen LogP contribution in [0.5, 0.6) is 5.75 Å². The van der Waals surface area contributed by atoms with Crippen molar-refractivity contribution in [3.8, 4) is 5.75 Å². The number of likely N-dealkylation sites (tertiary alicyclic amines) is 1. The van der Waals surface area contributed by atoms with Gasteiger partial charge in [-0.3, -0.25) is 14.5 Å². The summed E-state index contributed by atoms with van der Waals surface area (Å²) in [6.45, 7) is 12.2. The summed E-state index contributed by atoms with van der Waals surface area (Å²) in [6.07, 6.45) is 1.03. The lowest BCUT2D eigenvalue weighted by Gasteiger charge is -2.38. The third-order valence-electron chi connectivity index (χ3n) is 5.40. The number of hydrogen-bond donors (Lipinski definition) is 1. The van der Waals surface area contributed by atoms with Crippen LogP contribution >= 0.6 is 0 Å². The van der Waals surface area contributed by atoms with E-state index < -0.39 is 12.1 Å². The average Bonchev–Trinajstić information content (AvgIpc) is 2.65. The number of carbonyl (C=O) groups is 2. The molecule has 1 N–H and O–H groups in total. The first-order valence-corrected chi connectivity index (χ1v) is 10.1. The van der Waals surface area contributed by atoms with Gasteiger partial charge in [0.25, 0.3) is 5.91 Å². The third-order valence-corrected chi connectivity index (χ3v) is 5.40. The normalized spacial score (nSPS) is 16.9. The van der Waals surface area contributed by atoms with Crippen molar-refractivity contribution < 1.29 is 19.4 Å². The van der Waals surface area contributed by atoms with Crippen LogP contribution in [0.1, 0.15) is 53.0 Å². The number of carboxylic acid groups (broad SMARTS) is 1. The van der Waals surface area contributed by atoms with E-state index in [2.05, 4.69) is 26.8 Å². The number of benzene rings is 1. The van der Waals surface area contributed by atoms with Crippen LogP contribution < -0.4 is 4.74 Å². The van der Waals surface area contributed by atoms with Gasteiger partial charge in [0.2, 0.25) is 0 Å². The fourth-order valence-electron chi connectivity index (χ4n) is 3.67. The fraction of sp³-hybridized carbons (Fsp3) is 0.636. The number of rotatable bonds is 7. The largest absolute Gasteiger partial charge is 0.481 e. The summed E-state index contributed by atoms with van der Waals surface area (Å²) in [5.41, 5.74) is 1.19. The van der Waals surface area contributed by atoms with Gasteiger partial charge in [-0.05, 0) is 49.4 Å². The van der Waals surface area contributed by atoms with Crippen LogP contribution in [0.3, 0.4) is 0 Å². The molecule has 6 nitrogen and oxygen atoms in total. The minimum absolute atomic E-state index is 0.0131. The van der Waals surface area contributed by atoms with Gasteiger partial charge >= 0.3 is 5.97 Å². The van der Waals surface area contributed by atoms with Crippen LogP contribution in [0.25, 0.3) is 0 Å². The summed E-state index contributed by atoms with van der Waals surface area (Å²) in [4.78, 5) is 27.6. The van der Waals surface area contributed by atoms with E-state index in [0.717, 1.165) is 12.8 Å². The van der Waals surface area contributed by atoms with Crippen LogP contribution in [-0.2, 0) is 15.0 Å². The molecule has 0 aliphatic carbocycles. The second-order valence-electron chi connectivity index (χ2n) is 8.55. The van der Waals surface area contributed by atoms with Crippen molar-refractivity contribution in [2.24, 2.45) is 0 Å². The van der Waals surface area contributed by atoms with Gasteiger partial charge in [-0.2, -0.15) is 0 Å². The van der Waals surface area contributed by atoms with Crippen molar-refractivity contribution in [3.63, 3.8) is 0 Å². The van der Waals surface area contributed by atoms with Crippen molar-refractivity contribution in [3.05, 3.63) is 29.8 Å². The molecule has 1 heterocycles.